The maximum atomic E-state index is 8.44. The Morgan fingerprint density at radius 3 is 2.50 bits per heavy atom. The summed E-state index contributed by atoms with van der Waals surface area (Å²) in [5.41, 5.74) is 10.7. The predicted molar refractivity (Wildman–Crippen MR) is 81.7 cm³/mol. The molecule has 0 aliphatic carbocycles. The summed E-state index contributed by atoms with van der Waals surface area (Å²) in [6.07, 6.45) is 0.748. The van der Waals surface area contributed by atoms with Crippen LogP contribution >= 0.6 is 0 Å². The summed E-state index contributed by atoms with van der Waals surface area (Å²) in [5, 5.41) is 3.39. The Labute approximate surface area is 122 Å². The van der Waals surface area contributed by atoms with E-state index in [0.29, 0.717) is 0 Å². The van der Waals surface area contributed by atoms with E-state index in [0.717, 1.165) is 25.1 Å². The Bertz CT molecular complexity index is 659. The molecule has 0 aliphatic rings. The van der Waals surface area contributed by atoms with Crippen LogP contribution in [0.25, 0.3) is 10.4 Å². The second kappa shape index (κ2) is 7.34. The van der Waals surface area contributed by atoms with Gasteiger partial charge < -0.3 is 4.90 Å². The van der Waals surface area contributed by atoms with Crippen LogP contribution in [0.2, 0.25) is 0 Å². The minimum Gasteiger partial charge on any atom is -0.302 e. The van der Waals surface area contributed by atoms with Gasteiger partial charge in [-0.15, -0.1) is 0 Å². The monoisotopic (exact) mass is 270 g/mol. The molecule has 20 heavy (non-hydrogen) atoms. The summed E-state index contributed by atoms with van der Waals surface area (Å²) in [6.45, 7) is 1.69. The van der Waals surface area contributed by atoms with Gasteiger partial charge in [0.25, 0.3) is 0 Å². The van der Waals surface area contributed by atoms with Gasteiger partial charge in [-0.1, -0.05) is 59.7 Å². The van der Waals surface area contributed by atoms with Crippen molar-refractivity contribution in [2.24, 2.45) is 5.11 Å². The van der Waals surface area contributed by atoms with E-state index in [1.165, 1.54) is 5.56 Å². The molecule has 0 radical (unpaired) electrons. The molecule has 2 rings (SSSR count). The van der Waals surface area contributed by atoms with Gasteiger partial charge in [-0.25, -0.2) is 0 Å². The van der Waals surface area contributed by atoms with Crippen LogP contribution in [0, 0.1) is 0 Å². The molecule has 102 valence electrons. The number of rotatable bonds is 6. The Kier molecular flexibility index (Phi) is 4.23. The fraction of sp³-hybridized carbons (Fsp3) is 0.250. The molecule has 0 bridgehead atoms. The first-order valence-corrected chi connectivity index (χ1v) is 6.48. The molecule has 2 aromatic rings. The lowest BCUT2D eigenvalue weighted by molar-refractivity contribution is 0.331. The van der Waals surface area contributed by atoms with Crippen molar-refractivity contribution < 1.29 is 2.74 Å². The highest BCUT2D eigenvalue weighted by Crippen LogP contribution is 2.13. The van der Waals surface area contributed by atoms with E-state index in [1.807, 2.05) is 25.2 Å². The second-order valence-corrected chi connectivity index (χ2v) is 4.66. The van der Waals surface area contributed by atoms with Crippen molar-refractivity contribution >= 4 is 5.69 Å². The molecule has 0 aromatic heterocycles. The van der Waals surface area contributed by atoms with E-state index in [-0.39, 0.29) is 17.8 Å². The number of azide groups is 1. The van der Waals surface area contributed by atoms with Crippen molar-refractivity contribution in [2.75, 3.05) is 13.6 Å². The zero-order chi connectivity index (χ0) is 15.9. The molecule has 0 spiro atoms. The first-order valence-electron chi connectivity index (χ1n) is 7.48. The molecule has 4 heteroatoms. The van der Waals surface area contributed by atoms with Gasteiger partial charge in [-0.3, -0.25) is 0 Å². The maximum Gasteiger partial charge on any atom is 0.0628 e. The Balaban J connectivity index is 1.98. The summed E-state index contributed by atoms with van der Waals surface area (Å²) in [5.74, 6) is 0. The number of likely N-dealkylation sites (N-methyl/N-ethyl adjacent to an activating group) is 1. The van der Waals surface area contributed by atoms with Gasteiger partial charge in [0.05, 0.1) is 2.74 Å². The zero-order valence-corrected chi connectivity index (χ0v) is 11.5. The smallest absolute Gasteiger partial charge is 0.0628 e. The second-order valence-electron chi connectivity index (χ2n) is 4.66. The first kappa shape index (κ1) is 11.5. The zero-order valence-electron chi connectivity index (χ0n) is 13.5. The molecule has 0 N–H and O–H groups in total. The molecular weight excluding hydrogens is 248 g/mol. The van der Waals surface area contributed by atoms with Crippen molar-refractivity contribution in [1.82, 2.24) is 4.90 Å². The van der Waals surface area contributed by atoms with Crippen LogP contribution in [0.15, 0.2) is 59.7 Å². The quantitative estimate of drug-likeness (QED) is 0.438. The molecule has 0 fully saturated rings. The molecule has 0 saturated carbocycles. The van der Waals surface area contributed by atoms with Gasteiger partial charge in [-0.05, 0) is 30.1 Å². The highest BCUT2D eigenvalue weighted by atomic mass is 15.1. The van der Waals surface area contributed by atoms with Crippen LogP contribution in [0.3, 0.4) is 0 Å². The van der Waals surface area contributed by atoms with Gasteiger partial charge in [-0.2, -0.15) is 0 Å². The van der Waals surface area contributed by atoms with Gasteiger partial charge in [0.15, 0.2) is 0 Å². The average molecular weight is 270 g/mol. The topological polar surface area (TPSA) is 52.0 Å². The number of hydrogen-bond acceptors (Lipinski definition) is 2. The van der Waals surface area contributed by atoms with Crippen LogP contribution < -0.4 is 0 Å². The SMILES string of the molecule is [3H]c1cc(CCN(C)Cc2ccccc2)cc([3H])c1N=[N+]=[N-]. The summed E-state index contributed by atoms with van der Waals surface area (Å²) in [6, 6.07) is 13.8. The Morgan fingerprint density at radius 2 is 1.85 bits per heavy atom. The lowest BCUT2D eigenvalue weighted by Gasteiger charge is -2.16. The van der Waals surface area contributed by atoms with E-state index in [1.54, 1.807) is 12.1 Å². The lowest BCUT2D eigenvalue weighted by Crippen LogP contribution is -2.20. The average Bonchev–Trinajstić information content (AvgIpc) is 2.50. The predicted octanol–water partition coefficient (Wildman–Crippen LogP) is 4.30. The molecular formula is C16H18N4. The highest BCUT2D eigenvalue weighted by molar-refractivity contribution is 5.38. The fourth-order valence-electron chi connectivity index (χ4n) is 1.95. The van der Waals surface area contributed by atoms with Crippen LogP contribution in [0.5, 0.6) is 0 Å². The maximum absolute atomic E-state index is 8.44. The third-order valence-electron chi connectivity index (χ3n) is 3.01. The molecule has 0 amide bonds. The number of nitrogens with zero attached hydrogens (tertiary/aromatic N) is 4. The highest BCUT2D eigenvalue weighted by Gasteiger charge is 2.01. The molecule has 0 unspecified atom stereocenters. The van der Waals surface area contributed by atoms with Crippen LogP contribution in [-0.2, 0) is 13.0 Å². The fourth-order valence-corrected chi connectivity index (χ4v) is 1.95. The van der Waals surface area contributed by atoms with Gasteiger partial charge in [0.2, 0.25) is 0 Å². The summed E-state index contributed by atoms with van der Waals surface area (Å²) >= 11 is 0. The Hall–Kier alpha value is -2.29. The minimum absolute atomic E-state index is 0.0869. The Morgan fingerprint density at radius 1 is 1.15 bits per heavy atom. The van der Waals surface area contributed by atoms with Crippen molar-refractivity contribution in [3.63, 3.8) is 0 Å². The summed E-state index contributed by atoms with van der Waals surface area (Å²) < 4.78 is 15.6. The van der Waals surface area contributed by atoms with E-state index < -0.39 is 0 Å². The van der Waals surface area contributed by atoms with Crippen molar-refractivity contribution in [3.05, 3.63) is 76.1 Å². The third-order valence-corrected chi connectivity index (χ3v) is 3.01. The molecule has 0 atom stereocenters. The largest absolute Gasteiger partial charge is 0.302 e. The number of hydrogen-bond donors (Lipinski definition) is 0. The normalized spacial score (nSPS) is 11.7. The summed E-state index contributed by atoms with van der Waals surface area (Å²) in [4.78, 5) is 4.85. The van der Waals surface area contributed by atoms with Gasteiger partial charge in [0.1, 0.15) is 0 Å². The lowest BCUT2D eigenvalue weighted by atomic mass is 10.1. The van der Waals surface area contributed by atoms with E-state index >= 15 is 0 Å². The van der Waals surface area contributed by atoms with Crippen molar-refractivity contribution in [3.8, 4) is 0 Å². The minimum atomic E-state index is 0.0869. The van der Waals surface area contributed by atoms with Crippen molar-refractivity contribution in [1.29, 1.82) is 0 Å². The van der Waals surface area contributed by atoms with Crippen LogP contribution in [0.4, 0.5) is 5.69 Å². The number of benzene rings is 2. The standard InChI is InChI=1S/C16H18N4/c1-20(13-15-5-3-2-4-6-15)12-11-14-7-9-16(10-8-14)18-19-17/h2-10H,11-13H2,1H3/i9T,10T. The summed E-state index contributed by atoms with van der Waals surface area (Å²) in [7, 11) is 2.05. The van der Waals surface area contributed by atoms with Crippen molar-refractivity contribution in [2.45, 2.75) is 13.0 Å². The molecule has 4 nitrogen and oxygen atoms in total. The van der Waals surface area contributed by atoms with Crippen LogP contribution in [0.1, 0.15) is 13.9 Å². The molecule has 0 heterocycles. The third kappa shape index (κ3) is 4.43. The van der Waals surface area contributed by atoms with Crippen LogP contribution in [-0.4, -0.2) is 18.5 Å². The van der Waals surface area contributed by atoms with Gasteiger partial charge in [0, 0.05) is 23.7 Å². The molecule has 0 aliphatic heterocycles. The first-order chi connectivity index (χ1) is 10.6. The van der Waals surface area contributed by atoms with E-state index in [4.69, 9.17) is 8.27 Å². The molecule has 2 aromatic carbocycles. The molecule has 0 saturated heterocycles. The van der Waals surface area contributed by atoms with E-state index in [2.05, 4.69) is 27.1 Å². The van der Waals surface area contributed by atoms with Gasteiger partial charge >= 0.3 is 0 Å². The van der Waals surface area contributed by atoms with E-state index in [9.17, 15) is 0 Å².